The molecular formula is C21H17F3N2. The number of nitrogens with zero attached hydrogens (tertiary/aromatic N) is 2. The standard InChI is InChI=1S/C21H17F3N2/c1-12-7-10-17-16(11-12)19(21(22,23)24)15-9-8-13-14(20(15)25-17)5-4-6-18(13)26(2)3/h4-11H,1-3H3. The number of pyridine rings is 1. The summed E-state index contributed by atoms with van der Waals surface area (Å²) in [7, 11) is 3.83. The molecule has 0 aliphatic rings. The Bertz CT molecular complexity index is 1160. The van der Waals surface area contributed by atoms with Gasteiger partial charge in [0.15, 0.2) is 0 Å². The number of benzene rings is 3. The van der Waals surface area contributed by atoms with E-state index in [0.29, 0.717) is 11.0 Å². The lowest BCUT2D eigenvalue weighted by Gasteiger charge is -2.18. The highest BCUT2D eigenvalue weighted by molar-refractivity contribution is 6.13. The number of hydrogen-bond donors (Lipinski definition) is 0. The normalized spacial score (nSPS) is 12.2. The van der Waals surface area contributed by atoms with Crippen LogP contribution in [0.1, 0.15) is 11.1 Å². The summed E-state index contributed by atoms with van der Waals surface area (Å²) in [6, 6.07) is 13.9. The van der Waals surface area contributed by atoms with E-state index in [1.807, 2.05) is 37.2 Å². The number of alkyl halides is 3. The first-order valence-corrected chi connectivity index (χ1v) is 8.27. The van der Waals surface area contributed by atoms with E-state index in [2.05, 4.69) is 4.98 Å². The SMILES string of the molecule is Cc1ccc2nc3c(ccc4c(N(C)C)cccc43)c(C(F)(F)F)c2c1. The molecule has 0 aliphatic carbocycles. The van der Waals surface area contributed by atoms with Crippen LogP contribution < -0.4 is 4.90 Å². The van der Waals surface area contributed by atoms with E-state index >= 15 is 0 Å². The summed E-state index contributed by atoms with van der Waals surface area (Å²) in [4.78, 5) is 6.55. The van der Waals surface area contributed by atoms with Crippen molar-refractivity contribution in [2.45, 2.75) is 13.1 Å². The number of hydrogen-bond acceptors (Lipinski definition) is 2. The molecule has 1 heterocycles. The van der Waals surface area contributed by atoms with E-state index < -0.39 is 11.7 Å². The molecule has 0 saturated carbocycles. The van der Waals surface area contributed by atoms with Crippen molar-refractivity contribution < 1.29 is 13.2 Å². The monoisotopic (exact) mass is 354 g/mol. The number of anilines is 1. The Labute approximate surface area is 148 Å². The van der Waals surface area contributed by atoms with E-state index in [1.165, 1.54) is 0 Å². The molecule has 3 aromatic carbocycles. The first-order valence-electron chi connectivity index (χ1n) is 8.27. The van der Waals surface area contributed by atoms with E-state index in [-0.39, 0.29) is 10.8 Å². The van der Waals surface area contributed by atoms with Crippen LogP contribution in [0.25, 0.3) is 32.6 Å². The number of aryl methyl sites for hydroxylation is 1. The second-order valence-electron chi connectivity index (χ2n) is 6.73. The Morgan fingerprint density at radius 3 is 2.27 bits per heavy atom. The van der Waals surface area contributed by atoms with Crippen molar-refractivity contribution >= 4 is 38.3 Å². The van der Waals surface area contributed by atoms with E-state index in [0.717, 1.165) is 22.0 Å². The van der Waals surface area contributed by atoms with Crippen LogP contribution in [0.4, 0.5) is 18.9 Å². The van der Waals surface area contributed by atoms with Gasteiger partial charge in [-0.1, -0.05) is 35.9 Å². The van der Waals surface area contributed by atoms with E-state index in [1.54, 1.807) is 37.3 Å². The topological polar surface area (TPSA) is 16.1 Å². The molecule has 4 aromatic rings. The molecule has 0 saturated heterocycles. The second-order valence-corrected chi connectivity index (χ2v) is 6.73. The molecule has 1 aromatic heterocycles. The molecule has 0 spiro atoms. The molecule has 132 valence electrons. The Balaban J connectivity index is 2.25. The third kappa shape index (κ3) is 2.46. The zero-order valence-electron chi connectivity index (χ0n) is 14.6. The van der Waals surface area contributed by atoms with Crippen LogP contribution in [0.15, 0.2) is 48.5 Å². The van der Waals surface area contributed by atoms with Crippen molar-refractivity contribution in [1.29, 1.82) is 0 Å². The Hall–Kier alpha value is -2.82. The molecular weight excluding hydrogens is 337 g/mol. The maximum Gasteiger partial charge on any atom is 0.417 e. The zero-order valence-corrected chi connectivity index (χ0v) is 14.6. The highest BCUT2D eigenvalue weighted by Crippen LogP contribution is 2.42. The van der Waals surface area contributed by atoms with Crippen LogP contribution >= 0.6 is 0 Å². The number of fused-ring (bicyclic) bond motifs is 4. The molecule has 0 amide bonds. The van der Waals surface area contributed by atoms with Gasteiger partial charge in [0.25, 0.3) is 0 Å². The maximum absolute atomic E-state index is 14.0. The van der Waals surface area contributed by atoms with Crippen LogP contribution in [-0.4, -0.2) is 19.1 Å². The van der Waals surface area contributed by atoms with Gasteiger partial charge in [-0.2, -0.15) is 13.2 Å². The van der Waals surface area contributed by atoms with Crippen LogP contribution in [-0.2, 0) is 6.18 Å². The van der Waals surface area contributed by atoms with Gasteiger partial charge in [-0.3, -0.25) is 0 Å². The molecule has 5 heteroatoms. The Kier molecular flexibility index (Phi) is 3.58. The minimum Gasteiger partial charge on any atom is -0.377 e. The molecule has 0 fully saturated rings. The Morgan fingerprint density at radius 2 is 1.58 bits per heavy atom. The van der Waals surface area contributed by atoms with Gasteiger partial charge in [-0.05, 0) is 25.1 Å². The highest BCUT2D eigenvalue weighted by Gasteiger charge is 2.35. The maximum atomic E-state index is 14.0. The van der Waals surface area contributed by atoms with Crippen molar-refractivity contribution in [3.63, 3.8) is 0 Å². The van der Waals surface area contributed by atoms with Crippen LogP contribution in [0, 0.1) is 6.92 Å². The van der Waals surface area contributed by atoms with Crippen molar-refractivity contribution in [1.82, 2.24) is 4.98 Å². The fourth-order valence-corrected chi connectivity index (χ4v) is 3.56. The van der Waals surface area contributed by atoms with Gasteiger partial charge in [-0.15, -0.1) is 0 Å². The van der Waals surface area contributed by atoms with Crippen molar-refractivity contribution in [3.8, 4) is 0 Å². The third-order valence-electron chi connectivity index (χ3n) is 4.70. The average Bonchev–Trinajstić information content (AvgIpc) is 2.57. The largest absolute Gasteiger partial charge is 0.417 e. The molecule has 0 unspecified atom stereocenters. The smallest absolute Gasteiger partial charge is 0.377 e. The van der Waals surface area contributed by atoms with Gasteiger partial charge in [0, 0.05) is 41.3 Å². The fourth-order valence-electron chi connectivity index (χ4n) is 3.56. The van der Waals surface area contributed by atoms with Crippen molar-refractivity contribution in [2.24, 2.45) is 0 Å². The fraction of sp³-hybridized carbons (Fsp3) is 0.190. The molecule has 0 N–H and O–H groups in total. The summed E-state index contributed by atoms with van der Waals surface area (Å²) >= 11 is 0. The third-order valence-corrected chi connectivity index (χ3v) is 4.70. The predicted molar refractivity (Wildman–Crippen MR) is 101 cm³/mol. The lowest BCUT2D eigenvalue weighted by molar-refractivity contribution is -0.135. The van der Waals surface area contributed by atoms with Gasteiger partial charge >= 0.3 is 6.18 Å². The summed E-state index contributed by atoms with van der Waals surface area (Å²) in [5.74, 6) is 0. The van der Waals surface area contributed by atoms with Gasteiger partial charge in [0.1, 0.15) is 0 Å². The molecule has 0 bridgehead atoms. The van der Waals surface area contributed by atoms with Crippen LogP contribution in [0.3, 0.4) is 0 Å². The minimum absolute atomic E-state index is 0.138. The first-order chi connectivity index (χ1) is 12.3. The summed E-state index contributed by atoms with van der Waals surface area (Å²) < 4.78 is 41.9. The quantitative estimate of drug-likeness (QED) is 0.311. The molecule has 2 nitrogen and oxygen atoms in total. The van der Waals surface area contributed by atoms with Crippen LogP contribution in [0.2, 0.25) is 0 Å². The van der Waals surface area contributed by atoms with Gasteiger partial charge < -0.3 is 4.90 Å². The van der Waals surface area contributed by atoms with Crippen LogP contribution in [0.5, 0.6) is 0 Å². The number of halogens is 3. The van der Waals surface area contributed by atoms with E-state index in [9.17, 15) is 13.2 Å². The summed E-state index contributed by atoms with van der Waals surface area (Å²) in [6.07, 6.45) is -4.46. The lowest BCUT2D eigenvalue weighted by Crippen LogP contribution is -2.10. The van der Waals surface area contributed by atoms with Gasteiger partial charge in [0.05, 0.1) is 16.6 Å². The highest BCUT2D eigenvalue weighted by atomic mass is 19.4. The zero-order chi connectivity index (χ0) is 18.6. The van der Waals surface area contributed by atoms with Gasteiger partial charge in [0.2, 0.25) is 0 Å². The lowest BCUT2D eigenvalue weighted by atomic mass is 9.97. The van der Waals surface area contributed by atoms with Gasteiger partial charge in [-0.25, -0.2) is 4.98 Å². The molecule has 0 atom stereocenters. The average molecular weight is 354 g/mol. The first kappa shape index (κ1) is 16.6. The predicted octanol–water partition coefficient (Wildman–Crippen LogP) is 5.93. The molecule has 4 rings (SSSR count). The molecule has 26 heavy (non-hydrogen) atoms. The minimum atomic E-state index is -4.46. The number of rotatable bonds is 1. The van der Waals surface area contributed by atoms with Crippen molar-refractivity contribution in [2.75, 3.05) is 19.0 Å². The summed E-state index contributed by atoms with van der Waals surface area (Å²) in [5, 5.41) is 1.89. The Morgan fingerprint density at radius 1 is 0.846 bits per heavy atom. The molecule has 0 aliphatic heterocycles. The van der Waals surface area contributed by atoms with Crippen molar-refractivity contribution in [3.05, 3.63) is 59.7 Å². The summed E-state index contributed by atoms with van der Waals surface area (Å²) in [6.45, 7) is 1.79. The molecule has 0 radical (unpaired) electrons. The number of aromatic nitrogens is 1. The van der Waals surface area contributed by atoms with E-state index in [4.69, 9.17) is 0 Å². The summed E-state index contributed by atoms with van der Waals surface area (Å²) in [5.41, 5.74) is 1.86. The second kappa shape index (κ2) is 5.59.